The fourth-order valence-corrected chi connectivity index (χ4v) is 1.41. The molecule has 1 aromatic rings. The average molecular weight is 301 g/mol. The molecular weight excluding hydrogens is 287 g/mol. The van der Waals surface area contributed by atoms with Gasteiger partial charge >= 0.3 is 12.3 Å². The van der Waals surface area contributed by atoms with Crippen molar-refractivity contribution in [3.8, 4) is 0 Å². The second-order valence-electron chi connectivity index (χ2n) is 4.27. The SMILES string of the molecule is C=C(C(=O)C(C)NC(=O)OCc1ccccc1)C(F)(F)F. The van der Waals surface area contributed by atoms with Gasteiger partial charge in [0.25, 0.3) is 0 Å². The number of carbonyl (C=O) groups is 2. The first-order chi connectivity index (χ1) is 9.71. The summed E-state index contributed by atoms with van der Waals surface area (Å²) in [6, 6.07) is 7.34. The Bertz CT molecular complexity index is 526. The van der Waals surface area contributed by atoms with E-state index in [-0.39, 0.29) is 6.61 Å². The molecule has 1 aromatic carbocycles. The minimum atomic E-state index is -4.82. The number of hydrogen-bond donors (Lipinski definition) is 1. The molecule has 114 valence electrons. The fraction of sp³-hybridized carbons (Fsp3) is 0.286. The van der Waals surface area contributed by atoms with Gasteiger partial charge in [0.1, 0.15) is 6.61 Å². The van der Waals surface area contributed by atoms with Gasteiger partial charge < -0.3 is 10.1 Å². The van der Waals surface area contributed by atoms with Crippen molar-refractivity contribution in [3.63, 3.8) is 0 Å². The van der Waals surface area contributed by atoms with Gasteiger partial charge in [0.05, 0.1) is 11.6 Å². The first-order valence-electron chi connectivity index (χ1n) is 5.99. The lowest BCUT2D eigenvalue weighted by molar-refractivity contribution is -0.130. The zero-order valence-electron chi connectivity index (χ0n) is 11.2. The lowest BCUT2D eigenvalue weighted by Crippen LogP contribution is -2.41. The molecule has 21 heavy (non-hydrogen) atoms. The number of hydrogen-bond acceptors (Lipinski definition) is 3. The van der Waals surface area contributed by atoms with E-state index in [1.165, 1.54) is 0 Å². The van der Waals surface area contributed by atoms with Crippen molar-refractivity contribution in [2.24, 2.45) is 0 Å². The summed E-state index contributed by atoms with van der Waals surface area (Å²) >= 11 is 0. The Morgan fingerprint density at radius 2 is 1.86 bits per heavy atom. The van der Waals surface area contributed by atoms with E-state index in [0.717, 1.165) is 6.92 Å². The van der Waals surface area contributed by atoms with Gasteiger partial charge in [-0.2, -0.15) is 13.2 Å². The summed E-state index contributed by atoms with van der Waals surface area (Å²) in [5.41, 5.74) is -0.801. The van der Waals surface area contributed by atoms with E-state index >= 15 is 0 Å². The zero-order chi connectivity index (χ0) is 16.0. The first kappa shape index (κ1) is 16.7. The van der Waals surface area contributed by atoms with Gasteiger partial charge in [-0.15, -0.1) is 0 Å². The predicted molar refractivity (Wildman–Crippen MR) is 69.4 cm³/mol. The summed E-state index contributed by atoms with van der Waals surface area (Å²) in [5.74, 6) is -1.31. The maximum atomic E-state index is 12.3. The van der Waals surface area contributed by atoms with Crippen LogP contribution in [-0.4, -0.2) is 24.1 Å². The largest absolute Gasteiger partial charge is 0.445 e. The lowest BCUT2D eigenvalue weighted by atomic mass is 10.1. The van der Waals surface area contributed by atoms with E-state index in [1.807, 2.05) is 5.32 Å². The van der Waals surface area contributed by atoms with Gasteiger partial charge in [-0.25, -0.2) is 4.79 Å². The molecular formula is C14H14F3NO3. The van der Waals surface area contributed by atoms with Gasteiger partial charge in [0.15, 0.2) is 5.78 Å². The second-order valence-corrected chi connectivity index (χ2v) is 4.27. The van der Waals surface area contributed by atoms with E-state index in [0.29, 0.717) is 5.56 Å². The molecule has 0 fully saturated rings. The predicted octanol–water partition coefficient (Wildman–Crippen LogP) is 2.99. The van der Waals surface area contributed by atoms with Gasteiger partial charge in [0.2, 0.25) is 0 Å². The first-order valence-corrected chi connectivity index (χ1v) is 5.99. The molecule has 0 heterocycles. The van der Waals surface area contributed by atoms with Crippen LogP contribution in [-0.2, 0) is 16.1 Å². The molecule has 1 atom stereocenters. The molecule has 0 radical (unpaired) electrons. The number of benzene rings is 1. The molecule has 1 N–H and O–H groups in total. The number of ketones is 1. The molecule has 0 bridgehead atoms. The zero-order valence-corrected chi connectivity index (χ0v) is 11.2. The summed E-state index contributed by atoms with van der Waals surface area (Å²) < 4.78 is 41.7. The van der Waals surface area contributed by atoms with Crippen LogP contribution in [0.5, 0.6) is 0 Å². The number of nitrogens with one attached hydrogen (secondary N) is 1. The van der Waals surface area contributed by atoms with Gasteiger partial charge in [0, 0.05) is 0 Å². The summed E-state index contributed by atoms with van der Waals surface area (Å²) in [5, 5.41) is 2.03. The van der Waals surface area contributed by atoms with Crippen LogP contribution >= 0.6 is 0 Å². The number of amides is 1. The molecule has 1 unspecified atom stereocenters. The second kappa shape index (κ2) is 6.92. The highest BCUT2D eigenvalue weighted by atomic mass is 19.4. The van der Waals surface area contributed by atoms with E-state index in [2.05, 4.69) is 6.58 Å². The molecule has 1 amide bonds. The highest BCUT2D eigenvalue weighted by Crippen LogP contribution is 2.25. The Hall–Kier alpha value is -2.31. The van der Waals surface area contributed by atoms with E-state index in [4.69, 9.17) is 4.74 Å². The molecule has 4 nitrogen and oxygen atoms in total. The van der Waals surface area contributed by atoms with Crippen LogP contribution in [0.1, 0.15) is 12.5 Å². The molecule has 0 spiro atoms. The van der Waals surface area contributed by atoms with Crippen molar-refractivity contribution in [1.29, 1.82) is 0 Å². The van der Waals surface area contributed by atoms with Crippen molar-refractivity contribution in [2.45, 2.75) is 25.7 Å². The van der Waals surface area contributed by atoms with Crippen LogP contribution in [0.3, 0.4) is 0 Å². The Morgan fingerprint density at radius 3 is 2.38 bits per heavy atom. The summed E-state index contributed by atoms with van der Waals surface area (Å²) in [6.07, 6.45) is -5.80. The number of alkyl halides is 3. The van der Waals surface area contributed by atoms with Crippen LogP contribution < -0.4 is 5.32 Å². The topological polar surface area (TPSA) is 55.4 Å². The maximum absolute atomic E-state index is 12.3. The summed E-state index contributed by atoms with van der Waals surface area (Å²) in [4.78, 5) is 22.8. The highest BCUT2D eigenvalue weighted by Gasteiger charge is 2.38. The number of carbonyl (C=O) groups excluding carboxylic acids is 2. The number of alkyl carbamates (subject to hydrolysis) is 1. The molecule has 0 aromatic heterocycles. The monoisotopic (exact) mass is 301 g/mol. The van der Waals surface area contributed by atoms with Crippen LogP contribution in [0.2, 0.25) is 0 Å². The Kier molecular flexibility index (Phi) is 5.52. The average Bonchev–Trinajstić information content (AvgIpc) is 2.43. The standard InChI is InChI=1S/C14H14F3NO3/c1-9(14(15,16)17)12(19)10(2)18-13(20)21-8-11-6-4-3-5-7-11/h3-7,10H,1,8H2,2H3,(H,18,20). The molecule has 0 saturated carbocycles. The molecule has 0 saturated heterocycles. The van der Waals surface area contributed by atoms with Gasteiger partial charge in [-0.3, -0.25) is 4.79 Å². The lowest BCUT2D eigenvalue weighted by Gasteiger charge is -2.15. The third-order valence-electron chi connectivity index (χ3n) is 2.58. The molecule has 1 rings (SSSR count). The van der Waals surface area contributed by atoms with Crippen LogP contribution in [0.25, 0.3) is 0 Å². The maximum Gasteiger partial charge on any atom is 0.419 e. The highest BCUT2D eigenvalue weighted by molar-refractivity contribution is 6.01. The van der Waals surface area contributed by atoms with Crippen LogP contribution in [0, 0.1) is 0 Å². The van der Waals surface area contributed by atoms with Gasteiger partial charge in [-0.05, 0) is 12.5 Å². The normalized spacial score (nSPS) is 12.4. The van der Waals surface area contributed by atoms with Crippen LogP contribution in [0.4, 0.5) is 18.0 Å². The minimum absolute atomic E-state index is 0.0478. The number of rotatable bonds is 5. The van der Waals surface area contributed by atoms with Crippen LogP contribution in [0.15, 0.2) is 42.5 Å². The quantitative estimate of drug-likeness (QED) is 0.851. The fourth-order valence-electron chi connectivity index (χ4n) is 1.41. The van der Waals surface area contributed by atoms with Crippen molar-refractivity contribution in [1.82, 2.24) is 5.32 Å². The van der Waals surface area contributed by atoms with E-state index in [1.54, 1.807) is 30.3 Å². The third kappa shape index (κ3) is 5.29. The van der Waals surface area contributed by atoms with Crippen molar-refractivity contribution >= 4 is 11.9 Å². The number of halogens is 3. The summed E-state index contributed by atoms with van der Waals surface area (Å²) in [6.45, 7) is 3.76. The van der Waals surface area contributed by atoms with E-state index in [9.17, 15) is 22.8 Å². The Balaban J connectivity index is 2.47. The van der Waals surface area contributed by atoms with Gasteiger partial charge in [-0.1, -0.05) is 36.9 Å². The Labute approximate surface area is 119 Å². The molecule has 0 aliphatic rings. The van der Waals surface area contributed by atoms with Crippen molar-refractivity contribution < 1.29 is 27.5 Å². The summed E-state index contributed by atoms with van der Waals surface area (Å²) in [7, 11) is 0. The number of Topliss-reactive ketones (excluding diaryl/α,β-unsaturated/α-hetero) is 1. The molecule has 0 aliphatic heterocycles. The van der Waals surface area contributed by atoms with Crippen molar-refractivity contribution in [2.75, 3.05) is 0 Å². The smallest absolute Gasteiger partial charge is 0.419 e. The minimum Gasteiger partial charge on any atom is -0.445 e. The number of ether oxygens (including phenoxy) is 1. The Morgan fingerprint density at radius 1 is 1.29 bits per heavy atom. The van der Waals surface area contributed by atoms with E-state index < -0.39 is 29.7 Å². The van der Waals surface area contributed by atoms with Crippen molar-refractivity contribution in [3.05, 3.63) is 48.0 Å². The molecule has 0 aliphatic carbocycles. The molecule has 7 heteroatoms. The third-order valence-corrected chi connectivity index (χ3v) is 2.58.